The summed E-state index contributed by atoms with van der Waals surface area (Å²) in [6, 6.07) is 12.2. The summed E-state index contributed by atoms with van der Waals surface area (Å²) in [7, 11) is 1.51. The minimum Gasteiger partial charge on any atom is -0.493 e. The van der Waals surface area contributed by atoms with Crippen molar-refractivity contribution in [2.75, 3.05) is 13.7 Å². The Hall–Kier alpha value is -2.46. The van der Waals surface area contributed by atoms with E-state index in [0.29, 0.717) is 34.3 Å². The fourth-order valence-electron chi connectivity index (χ4n) is 2.16. The molecule has 0 radical (unpaired) electrons. The van der Waals surface area contributed by atoms with E-state index in [1.54, 1.807) is 42.5 Å². The Morgan fingerprint density at radius 3 is 2.52 bits per heavy atom. The fourth-order valence-corrected chi connectivity index (χ4v) is 2.43. The van der Waals surface area contributed by atoms with Crippen molar-refractivity contribution in [2.45, 2.75) is 6.92 Å². The number of hydrogen-bond acceptors (Lipinski definition) is 3. The number of aliphatic carboxylic acids is 1. The molecule has 0 amide bonds. The molecule has 0 fully saturated rings. The third-order valence-corrected chi connectivity index (χ3v) is 3.45. The first-order valence-corrected chi connectivity index (χ1v) is 7.45. The molecule has 0 saturated carbocycles. The van der Waals surface area contributed by atoms with Crippen LogP contribution in [0.25, 0.3) is 11.6 Å². The van der Waals surface area contributed by atoms with Crippen LogP contribution in [0.4, 0.5) is 0 Å². The Labute approximate surface area is 139 Å². The van der Waals surface area contributed by atoms with Gasteiger partial charge in [-0.1, -0.05) is 41.9 Å². The SMILES string of the molecule is CCOc1c(Cl)cc(/C=C(\C(=O)O)c2ccccc2)cc1OC. The second-order valence-electron chi connectivity index (χ2n) is 4.70. The monoisotopic (exact) mass is 332 g/mol. The Kier molecular flexibility index (Phi) is 5.66. The van der Waals surface area contributed by atoms with Crippen molar-refractivity contribution in [3.8, 4) is 11.5 Å². The van der Waals surface area contributed by atoms with E-state index in [2.05, 4.69) is 0 Å². The van der Waals surface area contributed by atoms with E-state index >= 15 is 0 Å². The molecule has 0 spiro atoms. The van der Waals surface area contributed by atoms with Gasteiger partial charge in [-0.15, -0.1) is 0 Å². The van der Waals surface area contributed by atoms with E-state index in [1.807, 2.05) is 13.0 Å². The lowest BCUT2D eigenvalue weighted by Gasteiger charge is -2.12. The molecule has 2 rings (SSSR count). The van der Waals surface area contributed by atoms with Gasteiger partial charge in [0.1, 0.15) is 0 Å². The van der Waals surface area contributed by atoms with Crippen LogP contribution in [-0.4, -0.2) is 24.8 Å². The first kappa shape index (κ1) is 16.9. The van der Waals surface area contributed by atoms with Crippen LogP contribution in [0.15, 0.2) is 42.5 Å². The van der Waals surface area contributed by atoms with Crippen molar-refractivity contribution in [3.63, 3.8) is 0 Å². The number of benzene rings is 2. The highest BCUT2D eigenvalue weighted by Crippen LogP contribution is 2.37. The molecule has 1 N–H and O–H groups in total. The average molecular weight is 333 g/mol. The Morgan fingerprint density at radius 2 is 1.96 bits per heavy atom. The number of hydrogen-bond donors (Lipinski definition) is 1. The summed E-state index contributed by atoms with van der Waals surface area (Å²) in [6.45, 7) is 2.30. The largest absolute Gasteiger partial charge is 0.493 e. The minimum absolute atomic E-state index is 0.174. The molecule has 23 heavy (non-hydrogen) atoms. The normalized spacial score (nSPS) is 11.2. The van der Waals surface area contributed by atoms with Crippen molar-refractivity contribution >= 4 is 29.2 Å². The zero-order valence-corrected chi connectivity index (χ0v) is 13.6. The number of methoxy groups -OCH3 is 1. The molecule has 2 aromatic rings. The lowest BCUT2D eigenvalue weighted by atomic mass is 10.0. The highest BCUT2D eigenvalue weighted by molar-refractivity contribution is 6.32. The van der Waals surface area contributed by atoms with Gasteiger partial charge in [-0.05, 0) is 36.3 Å². The molecule has 0 aromatic heterocycles. The molecule has 0 unspecified atom stereocenters. The number of carbonyl (C=O) groups is 1. The van der Waals surface area contributed by atoms with Gasteiger partial charge in [-0.3, -0.25) is 0 Å². The molecule has 0 aliphatic rings. The zero-order chi connectivity index (χ0) is 16.8. The summed E-state index contributed by atoms with van der Waals surface area (Å²) in [4.78, 5) is 11.6. The molecular formula is C18H17ClO4. The second-order valence-corrected chi connectivity index (χ2v) is 5.10. The topological polar surface area (TPSA) is 55.8 Å². The summed E-state index contributed by atoms with van der Waals surface area (Å²) in [5, 5.41) is 9.84. The van der Waals surface area contributed by atoms with Crippen LogP contribution in [0.3, 0.4) is 0 Å². The van der Waals surface area contributed by atoms with Crippen LogP contribution in [-0.2, 0) is 4.79 Å². The van der Waals surface area contributed by atoms with Gasteiger partial charge in [0.2, 0.25) is 0 Å². The Bertz CT molecular complexity index is 723. The molecule has 0 heterocycles. The quantitative estimate of drug-likeness (QED) is 0.630. The van der Waals surface area contributed by atoms with Gasteiger partial charge in [0, 0.05) is 0 Å². The van der Waals surface area contributed by atoms with Crippen molar-refractivity contribution in [1.82, 2.24) is 0 Å². The maximum absolute atomic E-state index is 11.6. The van der Waals surface area contributed by atoms with Gasteiger partial charge in [0.05, 0.1) is 24.3 Å². The van der Waals surface area contributed by atoms with Crippen LogP contribution < -0.4 is 9.47 Å². The maximum Gasteiger partial charge on any atom is 0.336 e. The summed E-state index contributed by atoms with van der Waals surface area (Å²) < 4.78 is 10.7. The zero-order valence-electron chi connectivity index (χ0n) is 12.9. The Balaban J connectivity index is 2.52. The van der Waals surface area contributed by atoms with Crippen LogP contribution >= 0.6 is 11.6 Å². The molecule has 4 nitrogen and oxygen atoms in total. The average Bonchev–Trinajstić information content (AvgIpc) is 2.55. The third-order valence-electron chi connectivity index (χ3n) is 3.17. The van der Waals surface area contributed by atoms with Crippen molar-refractivity contribution in [3.05, 3.63) is 58.6 Å². The molecule has 2 aromatic carbocycles. The van der Waals surface area contributed by atoms with E-state index in [9.17, 15) is 9.90 Å². The summed E-state index contributed by atoms with van der Waals surface area (Å²) in [5.41, 5.74) is 1.41. The van der Waals surface area contributed by atoms with Crippen LogP contribution in [0.1, 0.15) is 18.1 Å². The lowest BCUT2D eigenvalue weighted by molar-refractivity contribution is -0.130. The van der Waals surface area contributed by atoms with Crippen LogP contribution in [0, 0.1) is 0 Å². The van der Waals surface area contributed by atoms with E-state index in [4.69, 9.17) is 21.1 Å². The van der Waals surface area contributed by atoms with E-state index in [-0.39, 0.29) is 5.57 Å². The van der Waals surface area contributed by atoms with Crippen LogP contribution in [0.2, 0.25) is 5.02 Å². The van der Waals surface area contributed by atoms with Gasteiger partial charge >= 0.3 is 5.97 Å². The fraction of sp³-hybridized carbons (Fsp3) is 0.167. The number of rotatable bonds is 6. The van der Waals surface area contributed by atoms with Gasteiger partial charge in [0.15, 0.2) is 11.5 Å². The number of carboxylic acids is 1. The predicted octanol–water partition coefficient (Wildman–Crippen LogP) is 4.37. The number of halogens is 1. The molecule has 0 saturated heterocycles. The summed E-state index contributed by atoms with van der Waals surface area (Å²) >= 11 is 6.22. The summed E-state index contributed by atoms with van der Waals surface area (Å²) in [5.74, 6) is -0.103. The van der Waals surface area contributed by atoms with Crippen molar-refractivity contribution < 1.29 is 19.4 Å². The van der Waals surface area contributed by atoms with E-state index in [1.165, 1.54) is 7.11 Å². The number of ether oxygens (including phenoxy) is 2. The first-order valence-electron chi connectivity index (χ1n) is 7.07. The molecule has 0 aliphatic heterocycles. The molecule has 5 heteroatoms. The lowest BCUT2D eigenvalue weighted by Crippen LogP contribution is -2.00. The Morgan fingerprint density at radius 1 is 1.26 bits per heavy atom. The van der Waals surface area contributed by atoms with Crippen molar-refractivity contribution in [2.24, 2.45) is 0 Å². The molecule has 0 bridgehead atoms. The van der Waals surface area contributed by atoms with Gasteiger partial charge < -0.3 is 14.6 Å². The predicted molar refractivity (Wildman–Crippen MR) is 91.1 cm³/mol. The molecule has 120 valence electrons. The van der Waals surface area contributed by atoms with Gasteiger partial charge in [-0.2, -0.15) is 0 Å². The van der Waals surface area contributed by atoms with Crippen molar-refractivity contribution in [1.29, 1.82) is 0 Å². The highest BCUT2D eigenvalue weighted by atomic mass is 35.5. The smallest absolute Gasteiger partial charge is 0.336 e. The van der Waals surface area contributed by atoms with E-state index in [0.717, 1.165) is 0 Å². The maximum atomic E-state index is 11.6. The van der Waals surface area contributed by atoms with Gasteiger partial charge in [-0.25, -0.2) is 4.79 Å². The van der Waals surface area contributed by atoms with E-state index < -0.39 is 5.97 Å². The highest BCUT2D eigenvalue weighted by Gasteiger charge is 2.14. The standard InChI is InChI=1S/C18H17ClO4/c1-3-23-17-15(19)10-12(11-16(17)22-2)9-14(18(20)21)13-7-5-4-6-8-13/h4-11H,3H2,1-2H3,(H,20,21)/b14-9-. The van der Waals surface area contributed by atoms with Crippen LogP contribution in [0.5, 0.6) is 11.5 Å². The molecule has 0 aliphatic carbocycles. The summed E-state index contributed by atoms with van der Waals surface area (Å²) in [6.07, 6.45) is 1.56. The second kappa shape index (κ2) is 7.70. The van der Waals surface area contributed by atoms with Gasteiger partial charge in [0.25, 0.3) is 0 Å². The number of carboxylic acid groups (broad SMARTS) is 1. The first-order chi connectivity index (χ1) is 11.1. The minimum atomic E-state index is -1.01. The third kappa shape index (κ3) is 4.05. The molecular weight excluding hydrogens is 316 g/mol. The molecule has 0 atom stereocenters.